The molecule has 20 heavy (non-hydrogen) atoms. The highest BCUT2D eigenvalue weighted by atomic mass is 16.5. The van der Waals surface area contributed by atoms with E-state index in [2.05, 4.69) is 10.2 Å². The summed E-state index contributed by atoms with van der Waals surface area (Å²) in [5.41, 5.74) is 0. The first-order valence-corrected chi connectivity index (χ1v) is 6.86. The van der Waals surface area contributed by atoms with Crippen LogP contribution >= 0.6 is 0 Å². The van der Waals surface area contributed by atoms with Gasteiger partial charge in [0.05, 0.1) is 6.61 Å². The van der Waals surface area contributed by atoms with E-state index in [-0.39, 0.29) is 12.6 Å². The Morgan fingerprint density at radius 3 is 2.45 bits per heavy atom. The van der Waals surface area contributed by atoms with Crippen LogP contribution < -0.4 is 5.32 Å². The summed E-state index contributed by atoms with van der Waals surface area (Å²) in [6.07, 6.45) is 1.90. The molecule has 0 spiro atoms. The number of carboxylic acids is 1. The highest BCUT2D eigenvalue weighted by Crippen LogP contribution is 2.17. The van der Waals surface area contributed by atoms with Gasteiger partial charge in [-0.05, 0) is 32.9 Å². The van der Waals surface area contributed by atoms with Gasteiger partial charge in [0.25, 0.3) is 0 Å². The number of nitrogens with one attached hydrogen (secondary N) is 1. The van der Waals surface area contributed by atoms with E-state index in [1.165, 1.54) is 7.11 Å². The summed E-state index contributed by atoms with van der Waals surface area (Å²) in [6.45, 7) is 2.34. The van der Waals surface area contributed by atoms with E-state index in [9.17, 15) is 9.59 Å². The first kappa shape index (κ1) is 16.7. The van der Waals surface area contributed by atoms with Crippen molar-refractivity contribution in [1.82, 2.24) is 15.1 Å². The van der Waals surface area contributed by atoms with E-state index in [4.69, 9.17) is 9.84 Å². The lowest BCUT2D eigenvalue weighted by atomic mass is 9.96. The molecule has 0 bridgehead atoms. The van der Waals surface area contributed by atoms with Gasteiger partial charge in [-0.15, -0.1) is 0 Å². The molecule has 0 aliphatic carbocycles. The van der Waals surface area contributed by atoms with Gasteiger partial charge in [0.2, 0.25) is 0 Å². The lowest BCUT2D eigenvalue weighted by Gasteiger charge is -2.33. The van der Waals surface area contributed by atoms with Gasteiger partial charge in [0.15, 0.2) is 6.04 Å². The molecule has 2 N–H and O–H groups in total. The third kappa shape index (κ3) is 5.34. The standard InChI is InChI=1S/C13H25N3O4/c1-15(2)8-10-4-6-16(7-5-10)13(19)14-11(9-20-3)12(17)18/h10-11H,4-9H2,1-3H3,(H,14,19)(H,17,18). The van der Waals surface area contributed by atoms with Gasteiger partial charge < -0.3 is 25.0 Å². The smallest absolute Gasteiger partial charge is 0.328 e. The van der Waals surface area contributed by atoms with Crippen LogP contribution in [0.15, 0.2) is 0 Å². The fourth-order valence-electron chi connectivity index (χ4n) is 2.42. The van der Waals surface area contributed by atoms with Crippen molar-refractivity contribution in [2.75, 3.05) is 47.4 Å². The van der Waals surface area contributed by atoms with Crippen LogP contribution in [-0.2, 0) is 9.53 Å². The lowest BCUT2D eigenvalue weighted by molar-refractivity contribution is -0.140. The molecule has 1 rings (SSSR count). The van der Waals surface area contributed by atoms with E-state index >= 15 is 0 Å². The van der Waals surface area contributed by atoms with Crippen molar-refractivity contribution in [3.8, 4) is 0 Å². The van der Waals surface area contributed by atoms with Crippen LogP contribution in [0.25, 0.3) is 0 Å². The topological polar surface area (TPSA) is 82.1 Å². The number of ether oxygens (including phenoxy) is 1. The predicted octanol–water partition coefficient (Wildman–Crippen LogP) is 0.0692. The molecule has 1 aliphatic rings. The molecule has 7 heteroatoms. The number of piperidine rings is 1. The number of amides is 2. The SMILES string of the molecule is COCC(NC(=O)N1CCC(CN(C)C)CC1)C(=O)O. The highest BCUT2D eigenvalue weighted by molar-refractivity contribution is 5.82. The molecular formula is C13H25N3O4. The van der Waals surface area contributed by atoms with Crippen LogP contribution in [0, 0.1) is 5.92 Å². The number of hydrogen-bond acceptors (Lipinski definition) is 4. The fraction of sp³-hybridized carbons (Fsp3) is 0.846. The number of carboxylic acid groups (broad SMARTS) is 1. The maximum atomic E-state index is 12.0. The van der Waals surface area contributed by atoms with E-state index in [1.54, 1.807) is 4.90 Å². The summed E-state index contributed by atoms with van der Waals surface area (Å²) < 4.78 is 4.79. The minimum Gasteiger partial charge on any atom is -0.480 e. The van der Waals surface area contributed by atoms with Gasteiger partial charge in [-0.1, -0.05) is 0 Å². The molecule has 7 nitrogen and oxygen atoms in total. The molecule has 1 aliphatic heterocycles. The summed E-state index contributed by atoms with van der Waals surface area (Å²) >= 11 is 0. The van der Waals surface area contributed by atoms with E-state index in [0.29, 0.717) is 19.0 Å². The van der Waals surface area contributed by atoms with Crippen molar-refractivity contribution in [2.24, 2.45) is 5.92 Å². The number of methoxy groups -OCH3 is 1. The van der Waals surface area contributed by atoms with Crippen molar-refractivity contribution in [3.05, 3.63) is 0 Å². The molecular weight excluding hydrogens is 262 g/mol. The molecule has 1 heterocycles. The lowest BCUT2D eigenvalue weighted by Crippen LogP contribution is -2.52. The number of rotatable bonds is 6. The van der Waals surface area contributed by atoms with Gasteiger partial charge in [0, 0.05) is 26.7 Å². The largest absolute Gasteiger partial charge is 0.480 e. The summed E-state index contributed by atoms with van der Waals surface area (Å²) in [6, 6.07) is -1.32. The van der Waals surface area contributed by atoms with Crippen molar-refractivity contribution in [2.45, 2.75) is 18.9 Å². The summed E-state index contributed by atoms with van der Waals surface area (Å²) in [5, 5.41) is 11.5. The maximum Gasteiger partial charge on any atom is 0.328 e. The number of hydrogen-bond donors (Lipinski definition) is 2. The van der Waals surface area contributed by atoms with Gasteiger partial charge in [-0.3, -0.25) is 0 Å². The minimum atomic E-state index is -1.08. The highest BCUT2D eigenvalue weighted by Gasteiger charge is 2.26. The molecule has 1 unspecified atom stereocenters. The van der Waals surface area contributed by atoms with Crippen LogP contribution in [0.3, 0.4) is 0 Å². The number of aliphatic carboxylic acids is 1. The minimum absolute atomic E-state index is 0.0296. The molecule has 1 atom stereocenters. The van der Waals surface area contributed by atoms with Crippen LogP contribution in [0.5, 0.6) is 0 Å². The Hall–Kier alpha value is -1.34. The summed E-state index contributed by atoms with van der Waals surface area (Å²) in [4.78, 5) is 26.8. The zero-order valence-corrected chi connectivity index (χ0v) is 12.5. The third-order valence-electron chi connectivity index (χ3n) is 3.45. The van der Waals surface area contributed by atoms with Crippen molar-refractivity contribution in [3.63, 3.8) is 0 Å². The Bertz CT molecular complexity index is 328. The first-order chi connectivity index (χ1) is 9.43. The quantitative estimate of drug-likeness (QED) is 0.722. The second-order valence-corrected chi connectivity index (χ2v) is 5.49. The molecule has 0 aromatic carbocycles. The van der Waals surface area contributed by atoms with Gasteiger partial charge in [-0.2, -0.15) is 0 Å². The molecule has 0 aromatic rings. The van der Waals surface area contributed by atoms with Gasteiger partial charge in [0.1, 0.15) is 0 Å². The van der Waals surface area contributed by atoms with Crippen molar-refractivity contribution in [1.29, 1.82) is 0 Å². The molecule has 1 saturated heterocycles. The molecule has 0 radical (unpaired) electrons. The zero-order chi connectivity index (χ0) is 15.1. The number of carbonyl (C=O) groups is 2. The number of urea groups is 1. The van der Waals surface area contributed by atoms with Crippen LogP contribution in [0.4, 0.5) is 4.79 Å². The number of nitrogens with zero attached hydrogens (tertiary/aromatic N) is 2. The van der Waals surface area contributed by atoms with Gasteiger partial charge in [-0.25, -0.2) is 9.59 Å². The Morgan fingerprint density at radius 1 is 1.40 bits per heavy atom. The van der Waals surface area contributed by atoms with E-state index in [0.717, 1.165) is 19.4 Å². The maximum absolute atomic E-state index is 12.0. The van der Waals surface area contributed by atoms with E-state index < -0.39 is 12.0 Å². The number of carbonyl (C=O) groups excluding carboxylic acids is 1. The first-order valence-electron chi connectivity index (χ1n) is 6.86. The van der Waals surface area contributed by atoms with Crippen molar-refractivity contribution < 1.29 is 19.4 Å². The summed E-state index contributed by atoms with van der Waals surface area (Å²) in [7, 11) is 5.50. The average molecular weight is 287 g/mol. The molecule has 2 amide bonds. The van der Waals surface area contributed by atoms with Crippen LogP contribution in [-0.4, -0.2) is 80.4 Å². The van der Waals surface area contributed by atoms with Crippen LogP contribution in [0.2, 0.25) is 0 Å². The Morgan fingerprint density at radius 2 is 2.00 bits per heavy atom. The normalized spacial score (nSPS) is 18.1. The Kier molecular flexibility index (Phi) is 6.74. The van der Waals surface area contributed by atoms with Crippen LogP contribution in [0.1, 0.15) is 12.8 Å². The Labute approximate surface area is 119 Å². The predicted molar refractivity (Wildman–Crippen MR) is 74.7 cm³/mol. The van der Waals surface area contributed by atoms with E-state index in [1.807, 2.05) is 14.1 Å². The van der Waals surface area contributed by atoms with Gasteiger partial charge >= 0.3 is 12.0 Å². The average Bonchev–Trinajstić information content (AvgIpc) is 2.38. The Balaban J connectivity index is 2.40. The zero-order valence-electron chi connectivity index (χ0n) is 12.5. The molecule has 0 saturated carbocycles. The summed E-state index contributed by atoms with van der Waals surface area (Å²) in [5.74, 6) is -0.481. The second kappa shape index (κ2) is 8.06. The third-order valence-corrected chi connectivity index (χ3v) is 3.45. The second-order valence-electron chi connectivity index (χ2n) is 5.49. The molecule has 0 aromatic heterocycles. The van der Waals surface area contributed by atoms with Crippen molar-refractivity contribution >= 4 is 12.0 Å². The molecule has 116 valence electrons. The molecule has 1 fully saturated rings. The monoisotopic (exact) mass is 287 g/mol. The fourth-order valence-corrected chi connectivity index (χ4v) is 2.42. The number of likely N-dealkylation sites (tertiary alicyclic amines) is 1.